The molecule has 0 radical (unpaired) electrons. The number of aromatic nitrogens is 4. The Kier molecular flexibility index (Phi) is 3.13. The Bertz CT molecular complexity index is 836. The molecule has 6 heteroatoms. The van der Waals surface area contributed by atoms with Gasteiger partial charge in [-0.2, -0.15) is 14.1 Å². The van der Waals surface area contributed by atoms with E-state index in [1.165, 1.54) is 0 Å². The van der Waals surface area contributed by atoms with Gasteiger partial charge >= 0.3 is 5.95 Å². The van der Waals surface area contributed by atoms with Crippen LogP contribution in [0.15, 0.2) is 41.4 Å². The Balaban J connectivity index is 2.18. The summed E-state index contributed by atoms with van der Waals surface area (Å²) in [6.07, 6.45) is 0. The normalized spacial score (nSPS) is 12.0. The van der Waals surface area contributed by atoms with Crippen LogP contribution in [0, 0.1) is 13.8 Å². The molecule has 0 fully saturated rings. The average Bonchev–Trinajstić information content (AvgIpc) is 2.76. The second-order valence-corrected chi connectivity index (χ2v) is 4.84. The maximum atomic E-state index is 12.2. The van der Waals surface area contributed by atoms with Crippen molar-refractivity contribution in [2.75, 3.05) is 0 Å². The summed E-state index contributed by atoms with van der Waals surface area (Å²) >= 11 is 0. The van der Waals surface area contributed by atoms with Crippen molar-refractivity contribution in [1.82, 2.24) is 14.8 Å². The lowest BCUT2D eigenvalue weighted by molar-refractivity contribution is -0.510. The zero-order valence-corrected chi connectivity index (χ0v) is 12.1. The average molecular weight is 281 g/mol. The van der Waals surface area contributed by atoms with Crippen LogP contribution in [0.2, 0.25) is 0 Å². The third-order valence-electron chi connectivity index (χ3n) is 3.22. The molecule has 0 aliphatic rings. The fourth-order valence-electron chi connectivity index (χ4n) is 2.28. The summed E-state index contributed by atoms with van der Waals surface area (Å²) in [4.78, 5) is 8.51. The Morgan fingerprint density at radius 1 is 1.24 bits per heavy atom. The number of hydrogen-bond acceptors (Lipinski definition) is 4. The van der Waals surface area contributed by atoms with Crippen molar-refractivity contribution in [3.63, 3.8) is 0 Å². The number of fused-ring (bicyclic) bond motifs is 1. The van der Waals surface area contributed by atoms with Gasteiger partial charge in [0, 0.05) is 24.0 Å². The van der Waals surface area contributed by atoms with Gasteiger partial charge in [-0.15, -0.1) is 4.99 Å². The van der Waals surface area contributed by atoms with E-state index in [0.29, 0.717) is 11.5 Å². The maximum absolute atomic E-state index is 12.2. The smallest absolute Gasteiger partial charge is 0.387 e. The lowest BCUT2D eigenvalue weighted by Crippen LogP contribution is -2.28. The number of rotatable bonds is 2. The summed E-state index contributed by atoms with van der Waals surface area (Å²) in [6, 6.07) is 10.9. The number of benzene rings is 1. The lowest BCUT2D eigenvalue weighted by atomic mass is 10.2. The fraction of sp³-hybridized carbons (Fsp3) is 0.200. The zero-order valence-electron chi connectivity index (χ0n) is 12.1. The highest BCUT2D eigenvalue weighted by molar-refractivity contribution is 5.91. The molecule has 21 heavy (non-hydrogen) atoms. The van der Waals surface area contributed by atoms with E-state index in [1.807, 2.05) is 45.2 Å². The van der Waals surface area contributed by atoms with E-state index in [9.17, 15) is 5.11 Å². The molecule has 2 heterocycles. The van der Waals surface area contributed by atoms with Gasteiger partial charge in [-0.3, -0.25) is 0 Å². The van der Waals surface area contributed by atoms with Crippen LogP contribution in [-0.2, 0) is 7.05 Å². The highest BCUT2D eigenvalue weighted by Crippen LogP contribution is 2.09. The van der Waals surface area contributed by atoms with Crippen LogP contribution in [0.5, 0.6) is 0 Å². The van der Waals surface area contributed by atoms with Crippen molar-refractivity contribution < 1.29 is 9.51 Å². The zero-order chi connectivity index (χ0) is 15.0. The van der Waals surface area contributed by atoms with Gasteiger partial charge in [0.15, 0.2) is 5.82 Å². The predicted octanol–water partition coefficient (Wildman–Crippen LogP) is 0.609. The third-order valence-corrected chi connectivity index (χ3v) is 3.22. The number of hydrogen-bond donors (Lipinski definition) is 0. The molecule has 0 saturated carbocycles. The first-order valence-electron chi connectivity index (χ1n) is 6.60. The Morgan fingerprint density at radius 2 is 1.95 bits per heavy atom. The molecule has 3 aromatic rings. The number of aliphatic imine (C=N–C) groups is 1. The highest BCUT2D eigenvalue weighted by Gasteiger charge is 2.18. The minimum Gasteiger partial charge on any atom is -0.851 e. The number of nitrogens with zero attached hydrogens (tertiary/aromatic N) is 5. The molecule has 0 aliphatic heterocycles. The molecule has 2 aromatic heterocycles. The van der Waals surface area contributed by atoms with Gasteiger partial charge in [-0.05, 0) is 12.5 Å². The molecular formula is C15H15N5O. The SMILES string of the molecule is Cc1cc2n(C)nc(/N=C(\[O-])c3ccccc3)[n+]2c(C)n1. The van der Waals surface area contributed by atoms with Crippen LogP contribution in [0.3, 0.4) is 0 Å². The third kappa shape index (κ3) is 2.35. The lowest BCUT2D eigenvalue weighted by Gasteiger charge is -2.06. The Labute approximate surface area is 122 Å². The molecule has 0 bridgehead atoms. The summed E-state index contributed by atoms with van der Waals surface area (Å²) in [5, 5.41) is 16.5. The summed E-state index contributed by atoms with van der Waals surface area (Å²) < 4.78 is 3.46. The predicted molar refractivity (Wildman–Crippen MR) is 76.3 cm³/mol. The summed E-state index contributed by atoms with van der Waals surface area (Å²) in [5.41, 5.74) is 2.28. The fourth-order valence-corrected chi connectivity index (χ4v) is 2.28. The minimum atomic E-state index is -0.317. The van der Waals surface area contributed by atoms with Crippen LogP contribution in [0.4, 0.5) is 5.95 Å². The van der Waals surface area contributed by atoms with E-state index in [2.05, 4.69) is 15.1 Å². The Hall–Kier alpha value is -2.76. The van der Waals surface area contributed by atoms with Gasteiger partial charge in [-0.25, -0.2) is 0 Å². The minimum absolute atomic E-state index is 0.317. The van der Waals surface area contributed by atoms with E-state index in [1.54, 1.807) is 21.2 Å². The standard InChI is InChI=1S/C15H15N5O/c1-10-9-13-19(3)18-15(20(13)11(2)16-10)17-14(21)12-7-5-4-6-8-12/h4-9H,1-3H3. The summed E-state index contributed by atoms with van der Waals surface area (Å²) in [6.45, 7) is 3.79. The van der Waals surface area contributed by atoms with E-state index in [0.717, 1.165) is 17.2 Å². The molecule has 0 amide bonds. The first kappa shape index (κ1) is 13.2. The first-order valence-corrected chi connectivity index (χ1v) is 6.60. The second-order valence-electron chi connectivity index (χ2n) is 4.84. The second kappa shape index (κ2) is 4.97. The summed E-state index contributed by atoms with van der Waals surface area (Å²) in [5.74, 6) is 0.770. The molecule has 1 aromatic carbocycles. The highest BCUT2D eigenvalue weighted by atomic mass is 16.3. The molecular weight excluding hydrogens is 266 g/mol. The van der Waals surface area contributed by atoms with Crippen molar-refractivity contribution in [2.45, 2.75) is 13.8 Å². The van der Waals surface area contributed by atoms with Gasteiger partial charge in [0.25, 0.3) is 0 Å². The van der Waals surface area contributed by atoms with Crippen LogP contribution in [0.1, 0.15) is 17.1 Å². The molecule has 0 saturated heterocycles. The van der Waals surface area contributed by atoms with Gasteiger partial charge in [-0.1, -0.05) is 30.3 Å². The van der Waals surface area contributed by atoms with Crippen molar-refractivity contribution in [3.05, 3.63) is 53.5 Å². The molecule has 0 atom stereocenters. The van der Waals surface area contributed by atoms with Crippen LogP contribution in [-0.4, -0.2) is 20.7 Å². The molecule has 3 rings (SSSR count). The topological polar surface area (TPSA) is 70.2 Å². The molecule has 0 unspecified atom stereocenters. The quantitative estimate of drug-likeness (QED) is 0.392. The molecule has 0 spiro atoms. The van der Waals surface area contributed by atoms with Crippen molar-refractivity contribution in [1.29, 1.82) is 0 Å². The maximum Gasteiger partial charge on any atom is 0.387 e. The first-order chi connectivity index (χ1) is 10.1. The van der Waals surface area contributed by atoms with Crippen LogP contribution >= 0.6 is 0 Å². The largest absolute Gasteiger partial charge is 0.851 e. The molecule has 106 valence electrons. The van der Waals surface area contributed by atoms with Gasteiger partial charge in [0.05, 0.1) is 12.7 Å². The van der Waals surface area contributed by atoms with Crippen LogP contribution in [0.25, 0.3) is 5.65 Å². The van der Waals surface area contributed by atoms with Crippen molar-refractivity contribution >= 4 is 17.5 Å². The van der Waals surface area contributed by atoms with E-state index < -0.39 is 0 Å². The number of aryl methyl sites for hydroxylation is 3. The molecule has 0 aliphatic carbocycles. The van der Waals surface area contributed by atoms with Gasteiger partial charge in [0.1, 0.15) is 0 Å². The van der Waals surface area contributed by atoms with E-state index in [4.69, 9.17) is 0 Å². The monoisotopic (exact) mass is 281 g/mol. The molecule has 6 nitrogen and oxygen atoms in total. The van der Waals surface area contributed by atoms with E-state index in [-0.39, 0.29) is 5.90 Å². The van der Waals surface area contributed by atoms with Crippen molar-refractivity contribution in [3.8, 4) is 0 Å². The van der Waals surface area contributed by atoms with Crippen LogP contribution < -0.4 is 9.51 Å². The molecule has 0 N–H and O–H groups in total. The summed E-state index contributed by atoms with van der Waals surface area (Å²) in [7, 11) is 1.82. The van der Waals surface area contributed by atoms with E-state index >= 15 is 0 Å². The van der Waals surface area contributed by atoms with Gasteiger partial charge in [0.2, 0.25) is 5.65 Å². The Morgan fingerprint density at radius 3 is 2.67 bits per heavy atom. The van der Waals surface area contributed by atoms with Crippen molar-refractivity contribution in [2.24, 2.45) is 12.0 Å². The van der Waals surface area contributed by atoms with Gasteiger partial charge < -0.3 is 5.11 Å².